The van der Waals surface area contributed by atoms with Crippen molar-refractivity contribution in [2.24, 2.45) is 0 Å². The van der Waals surface area contributed by atoms with Gasteiger partial charge in [0, 0.05) is 45.9 Å². The zero-order valence-corrected chi connectivity index (χ0v) is 29.6. The van der Waals surface area contributed by atoms with E-state index in [0.717, 1.165) is 22.5 Å². The van der Waals surface area contributed by atoms with Crippen molar-refractivity contribution in [3.05, 3.63) is 88.9 Å². The van der Waals surface area contributed by atoms with E-state index in [1.165, 1.54) is 14.2 Å². The van der Waals surface area contributed by atoms with Crippen LogP contribution >= 0.6 is 47.8 Å². The standard InChI is InChI=1S/C21H16Br2N4O3.C11H11BrN2O2/c1-29-17-5-3-15-19(26-17)13(7-11(9-22)24-15)21(28)14-8-12(10-23)25-16-4-6-18(30-2)27-20(14)16;1-16-10-3-2-8-11(14-10)7(4-5-13-8)9(15)6-12/h3-8H,9-10H2,1-2H3;2-5,9,15H,6H2,1H3/t;9-/m.0/s1. The molecule has 6 heterocycles. The summed E-state index contributed by atoms with van der Waals surface area (Å²) in [4.78, 5) is 40.3. The van der Waals surface area contributed by atoms with Gasteiger partial charge in [-0.3, -0.25) is 19.7 Å². The molecular formula is C32H27Br3N6O5. The first kappa shape index (κ1) is 33.5. The van der Waals surface area contributed by atoms with Crippen LogP contribution in [-0.2, 0) is 10.7 Å². The van der Waals surface area contributed by atoms with Gasteiger partial charge in [-0.1, -0.05) is 47.8 Å². The lowest BCUT2D eigenvalue weighted by atomic mass is 10.00. The Labute approximate surface area is 289 Å². The number of nitrogens with zero attached hydrogens (tertiary/aromatic N) is 6. The van der Waals surface area contributed by atoms with Crippen molar-refractivity contribution in [2.75, 3.05) is 26.7 Å². The molecule has 0 unspecified atom stereocenters. The monoisotopic (exact) mass is 812 g/mol. The minimum atomic E-state index is -0.592. The molecule has 11 nitrogen and oxygen atoms in total. The highest BCUT2D eigenvalue weighted by Gasteiger charge is 2.21. The number of carbonyl (C=O) groups is 1. The Morgan fingerprint density at radius 2 is 1.13 bits per heavy atom. The molecule has 0 spiro atoms. The number of fused-ring (bicyclic) bond motifs is 3. The zero-order chi connectivity index (χ0) is 32.8. The van der Waals surface area contributed by atoms with Crippen LogP contribution in [-0.4, -0.2) is 67.5 Å². The average Bonchev–Trinajstić information content (AvgIpc) is 3.12. The quantitative estimate of drug-likeness (QED) is 0.123. The van der Waals surface area contributed by atoms with Crippen LogP contribution in [0.2, 0.25) is 0 Å². The SMILES string of the molecule is COc1ccc2nc(CBr)cc(C(=O)c3cc(CBr)nc4ccc(OC)nc34)c2n1.COc1ccc2nccc([C@@H](O)CBr)c2n1. The number of pyridine rings is 6. The topological polar surface area (TPSA) is 142 Å². The van der Waals surface area contributed by atoms with Gasteiger partial charge in [-0.15, -0.1) is 0 Å². The molecule has 6 aromatic heterocycles. The Hall–Kier alpha value is -3.85. The van der Waals surface area contributed by atoms with E-state index in [1.807, 2.05) is 6.07 Å². The average molecular weight is 815 g/mol. The number of hydrogen-bond donors (Lipinski definition) is 1. The second-order valence-electron chi connectivity index (χ2n) is 9.65. The van der Waals surface area contributed by atoms with Gasteiger partial charge in [-0.2, -0.15) is 0 Å². The number of methoxy groups -OCH3 is 3. The minimum absolute atomic E-state index is 0.222. The van der Waals surface area contributed by atoms with Crippen molar-refractivity contribution in [3.63, 3.8) is 0 Å². The molecule has 0 saturated heterocycles. The van der Waals surface area contributed by atoms with Crippen LogP contribution in [0.15, 0.2) is 60.8 Å². The molecule has 0 saturated carbocycles. The minimum Gasteiger partial charge on any atom is -0.481 e. The van der Waals surface area contributed by atoms with Gasteiger partial charge in [0.1, 0.15) is 11.0 Å². The second-order valence-corrected chi connectivity index (χ2v) is 11.4. The van der Waals surface area contributed by atoms with E-state index in [1.54, 1.807) is 61.8 Å². The van der Waals surface area contributed by atoms with E-state index in [-0.39, 0.29) is 5.78 Å². The Kier molecular flexibility index (Phi) is 11.0. The predicted molar refractivity (Wildman–Crippen MR) is 186 cm³/mol. The number of ether oxygens (including phenoxy) is 3. The molecule has 1 N–H and O–H groups in total. The number of rotatable bonds is 9. The van der Waals surface area contributed by atoms with E-state index in [2.05, 4.69) is 77.7 Å². The van der Waals surface area contributed by atoms with E-state index in [9.17, 15) is 9.90 Å². The van der Waals surface area contributed by atoms with Crippen LogP contribution in [0, 0.1) is 0 Å². The van der Waals surface area contributed by atoms with Crippen molar-refractivity contribution >= 4 is 86.7 Å². The van der Waals surface area contributed by atoms with Crippen molar-refractivity contribution in [2.45, 2.75) is 16.8 Å². The van der Waals surface area contributed by atoms with Crippen LogP contribution in [0.4, 0.5) is 0 Å². The van der Waals surface area contributed by atoms with E-state index < -0.39 is 6.10 Å². The normalized spacial score (nSPS) is 11.6. The van der Waals surface area contributed by atoms with Crippen molar-refractivity contribution < 1.29 is 24.1 Å². The number of ketones is 1. The largest absolute Gasteiger partial charge is 0.481 e. The number of aromatic nitrogens is 6. The fourth-order valence-corrected chi connectivity index (χ4v) is 5.56. The molecular weight excluding hydrogens is 788 g/mol. The summed E-state index contributed by atoms with van der Waals surface area (Å²) < 4.78 is 15.6. The summed E-state index contributed by atoms with van der Waals surface area (Å²) in [6.45, 7) is 0. The molecule has 0 aliphatic rings. The molecule has 6 rings (SSSR count). The van der Waals surface area contributed by atoms with E-state index in [4.69, 9.17) is 14.2 Å². The Bertz CT molecular complexity index is 1950. The van der Waals surface area contributed by atoms with Crippen LogP contribution in [0.5, 0.6) is 17.6 Å². The molecule has 0 aromatic carbocycles. The highest BCUT2D eigenvalue weighted by atomic mass is 79.9. The van der Waals surface area contributed by atoms with Crippen LogP contribution < -0.4 is 14.2 Å². The number of hydrogen-bond acceptors (Lipinski definition) is 11. The van der Waals surface area contributed by atoms with Crippen molar-refractivity contribution in [1.29, 1.82) is 0 Å². The molecule has 6 aromatic rings. The fraction of sp³-hybridized carbons (Fsp3) is 0.219. The van der Waals surface area contributed by atoms with Gasteiger partial charge in [0.2, 0.25) is 17.6 Å². The number of carbonyl (C=O) groups excluding carboxylic acids is 1. The summed E-state index contributed by atoms with van der Waals surface area (Å²) in [5.41, 5.74) is 6.63. The first-order valence-corrected chi connectivity index (χ1v) is 17.1. The van der Waals surface area contributed by atoms with Gasteiger partial charge in [-0.05, 0) is 36.4 Å². The lowest BCUT2D eigenvalue weighted by Crippen LogP contribution is -2.09. The number of aliphatic hydroxyl groups is 1. The highest BCUT2D eigenvalue weighted by Crippen LogP contribution is 2.28. The molecule has 0 aliphatic heterocycles. The third-order valence-corrected chi connectivity index (χ3v) is 8.60. The van der Waals surface area contributed by atoms with E-state index >= 15 is 0 Å². The third kappa shape index (κ3) is 7.09. The summed E-state index contributed by atoms with van der Waals surface area (Å²) in [5.74, 6) is 1.11. The summed E-state index contributed by atoms with van der Waals surface area (Å²) in [7, 11) is 4.63. The van der Waals surface area contributed by atoms with Gasteiger partial charge in [0.05, 0.1) is 72.0 Å². The Morgan fingerprint density at radius 3 is 1.57 bits per heavy atom. The highest BCUT2D eigenvalue weighted by molar-refractivity contribution is 9.09. The van der Waals surface area contributed by atoms with E-state index in [0.29, 0.717) is 72.3 Å². The maximum absolute atomic E-state index is 13.8. The van der Waals surface area contributed by atoms with Crippen LogP contribution in [0.25, 0.3) is 33.1 Å². The first-order chi connectivity index (χ1) is 22.3. The maximum atomic E-state index is 13.8. The zero-order valence-electron chi connectivity index (χ0n) is 24.9. The van der Waals surface area contributed by atoms with Gasteiger partial charge < -0.3 is 19.3 Å². The molecule has 14 heteroatoms. The number of halogens is 3. The van der Waals surface area contributed by atoms with Gasteiger partial charge >= 0.3 is 0 Å². The Balaban J connectivity index is 0.000000219. The van der Waals surface area contributed by atoms with Gasteiger partial charge in [0.15, 0.2) is 5.78 Å². The molecule has 0 fully saturated rings. The molecule has 0 aliphatic carbocycles. The first-order valence-electron chi connectivity index (χ1n) is 13.7. The fourth-order valence-electron chi connectivity index (χ4n) is 4.64. The molecule has 0 bridgehead atoms. The Morgan fingerprint density at radius 1 is 0.674 bits per heavy atom. The van der Waals surface area contributed by atoms with Gasteiger partial charge in [-0.25, -0.2) is 15.0 Å². The summed E-state index contributed by atoms with van der Waals surface area (Å²) >= 11 is 10.1. The molecule has 46 heavy (non-hydrogen) atoms. The van der Waals surface area contributed by atoms with Crippen molar-refractivity contribution in [1.82, 2.24) is 29.9 Å². The molecule has 0 radical (unpaired) electrons. The summed E-state index contributed by atoms with van der Waals surface area (Å²) in [6, 6.07) is 15.8. The van der Waals surface area contributed by atoms with Crippen LogP contribution in [0.3, 0.4) is 0 Å². The third-order valence-electron chi connectivity index (χ3n) is 6.84. The lowest BCUT2D eigenvalue weighted by molar-refractivity contribution is 0.104. The predicted octanol–water partition coefficient (Wildman–Crippen LogP) is 6.68. The number of alkyl halides is 3. The number of aliphatic hydroxyl groups excluding tert-OH is 1. The molecule has 1 atom stereocenters. The van der Waals surface area contributed by atoms with Gasteiger partial charge in [0.25, 0.3) is 0 Å². The maximum Gasteiger partial charge on any atom is 0.213 e. The van der Waals surface area contributed by atoms with Crippen LogP contribution in [0.1, 0.15) is 39.0 Å². The summed E-state index contributed by atoms with van der Waals surface area (Å²) in [6.07, 6.45) is 1.07. The molecule has 0 amide bonds. The summed E-state index contributed by atoms with van der Waals surface area (Å²) in [5, 5.41) is 11.3. The lowest BCUT2D eigenvalue weighted by Gasteiger charge is -2.11. The second kappa shape index (κ2) is 15.2. The molecule has 236 valence electrons. The smallest absolute Gasteiger partial charge is 0.213 e. The van der Waals surface area contributed by atoms with Crippen molar-refractivity contribution in [3.8, 4) is 17.6 Å².